The average Bonchev–Trinajstić information content (AvgIpc) is 2.54. The highest BCUT2D eigenvalue weighted by Crippen LogP contribution is 2.30. The van der Waals surface area contributed by atoms with Gasteiger partial charge >= 0.3 is 5.97 Å². The summed E-state index contributed by atoms with van der Waals surface area (Å²) in [6.45, 7) is 4.06. The van der Waals surface area contributed by atoms with Crippen molar-refractivity contribution < 1.29 is 9.53 Å². The van der Waals surface area contributed by atoms with Gasteiger partial charge in [0, 0.05) is 10.0 Å². The largest absolute Gasteiger partial charge is 0.457 e. The summed E-state index contributed by atoms with van der Waals surface area (Å²) >= 11 is 3.48. The Morgan fingerprint density at radius 2 is 2.36 bits per heavy atom. The van der Waals surface area contributed by atoms with E-state index in [1.165, 1.54) is 0 Å². The van der Waals surface area contributed by atoms with Crippen molar-refractivity contribution in [3.63, 3.8) is 0 Å². The molecule has 1 aliphatic heterocycles. The molecule has 0 N–H and O–H groups in total. The third kappa shape index (κ3) is 1.38. The summed E-state index contributed by atoms with van der Waals surface area (Å²) in [5.74, 6) is -0.231. The van der Waals surface area contributed by atoms with Crippen molar-refractivity contribution in [2.24, 2.45) is 0 Å². The van der Waals surface area contributed by atoms with E-state index in [9.17, 15) is 4.79 Å². The predicted octanol–water partition coefficient (Wildman–Crippen LogP) is 2.85. The maximum Gasteiger partial charge on any atom is 0.338 e. The van der Waals surface area contributed by atoms with Gasteiger partial charge in [-0.1, -0.05) is 28.1 Å². The first kappa shape index (κ1) is 9.46. The van der Waals surface area contributed by atoms with Gasteiger partial charge in [0.05, 0.1) is 5.56 Å². The molecule has 1 heterocycles. The van der Waals surface area contributed by atoms with Crippen molar-refractivity contribution in [3.05, 3.63) is 46.0 Å². The number of benzene rings is 1. The van der Waals surface area contributed by atoms with E-state index in [4.69, 9.17) is 4.74 Å². The Kier molecular flexibility index (Phi) is 2.42. The molecule has 72 valence electrons. The second-order valence-corrected chi connectivity index (χ2v) is 3.93. The van der Waals surface area contributed by atoms with Crippen LogP contribution in [0.1, 0.15) is 21.5 Å². The van der Waals surface area contributed by atoms with Crippen molar-refractivity contribution in [2.45, 2.75) is 13.0 Å². The zero-order chi connectivity index (χ0) is 10.1. The average molecular weight is 253 g/mol. The molecule has 0 saturated heterocycles. The number of ether oxygens (including phenoxy) is 1. The van der Waals surface area contributed by atoms with Gasteiger partial charge < -0.3 is 4.74 Å². The molecule has 0 aromatic heterocycles. The quantitative estimate of drug-likeness (QED) is 0.598. The Morgan fingerprint density at radius 1 is 1.57 bits per heavy atom. The predicted molar refractivity (Wildman–Crippen MR) is 57.2 cm³/mol. The Hall–Kier alpha value is -1.09. The maximum absolute atomic E-state index is 11.2. The van der Waals surface area contributed by atoms with Gasteiger partial charge in [0.15, 0.2) is 0 Å². The highest BCUT2D eigenvalue weighted by atomic mass is 79.9. The van der Waals surface area contributed by atoms with Crippen LogP contribution in [0.2, 0.25) is 0 Å². The molecule has 1 aliphatic rings. The molecule has 3 heteroatoms. The first-order chi connectivity index (χ1) is 6.74. The van der Waals surface area contributed by atoms with E-state index in [1.54, 1.807) is 0 Å². The van der Waals surface area contributed by atoms with Gasteiger partial charge in [-0.2, -0.15) is 0 Å². The molecule has 0 amide bonds. The van der Waals surface area contributed by atoms with Crippen molar-refractivity contribution in [1.82, 2.24) is 0 Å². The first-order valence-electron chi connectivity index (χ1n) is 4.32. The molecule has 2 nitrogen and oxygen atoms in total. The summed E-state index contributed by atoms with van der Waals surface area (Å²) in [7, 11) is 0. The fraction of sp³-hybridized carbons (Fsp3) is 0.182. The van der Waals surface area contributed by atoms with Crippen LogP contribution in [0.15, 0.2) is 29.3 Å². The Labute approximate surface area is 90.7 Å². The number of esters is 1. The van der Waals surface area contributed by atoms with Crippen LogP contribution >= 0.6 is 15.9 Å². The molecule has 0 atom stereocenters. The number of fused-ring (bicyclic) bond motifs is 1. The number of allylic oxidation sites excluding steroid dienone is 1. The maximum atomic E-state index is 11.2. The summed E-state index contributed by atoms with van der Waals surface area (Å²) in [4.78, 5) is 11.2. The number of carbonyl (C=O) groups excluding carboxylic acids is 1. The smallest absolute Gasteiger partial charge is 0.338 e. The standard InChI is InChI=1S/C11H9BrO2/c1-2-3-7-4-5-8-9(10(7)12)6-14-11(8)13/h2,4-5H,1,3,6H2. The number of hydrogen-bond acceptors (Lipinski definition) is 2. The molecule has 0 bridgehead atoms. The summed E-state index contributed by atoms with van der Waals surface area (Å²) in [6, 6.07) is 3.74. The zero-order valence-corrected chi connectivity index (χ0v) is 9.13. The zero-order valence-electron chi connectivity index (χ0n) is 7.55. The lowest BCUT2D eigenvalue weighted by Crippen LogP contribution is -1.95. The molecule has 0 spiro atoms. The molecule has 1 aromatic rings. The van der Waals surface area contributed by atoms with Gasteiger partial charge in [0.25, 0.3) is 0 Å². The molecule has 0 aliphatic carbocycles. The van der Waals surface area contributed by atoms with Crippen molar-refractivity contribution in [3.8, 4) is 0 Å². The van der Waals surface area contributed by atoms with Crippen LogP contribution in [-0.4, -0.2) is 5.97 Å². The topological polar surface area (TPSA) is 26.3 Å². The van der Waals surface area contributed by atoms with E-state index in [1.807, 2.05) is 18.2 Å². The van der Waals surface area contributed by atoms with Gasteiger partial charge in [0.1, 0.15) is 6.61 Å². The van der Waals surface area contributed by atoms with Gasteiger partial charge in [-0.05, 0) is 18.1 Å². The van der Waals surface area contributed by atoms with Crippen LogP contribution in [0.5, 0.6) is 0 Å². The molecule has 0 radical (unpaired) electrons. The molecule has 1 aromatic carbocycles. The van der Waals surface area contributed by atoms with Crippen LogP contribution in [-0.2, 0) is 17.8 Å². The Morgan fingerprint density at radius 3 is 3.07 bits per heavy atom. The monoisotopic (exact) mass is 252 g/mol. The van der Waals surface area contributed by atoms with E-state index in [0.717, 1.165) is 22.0 Å². The third-order valence-electron chi connectivity index (χ3n) is 2.25. The second-order valence-electron chi connectivity index (χ2n) is 3.13. The molecule has 14 heavy (non-hydrogen) atoms. The second kappa shape index (κ2) is 3.58. The van der Waals surface area contributed by atoms with Gasteiger partial charge in [0.2, 0.25) is 0 Å². The van der Waals surface area contributed by atoms with E-state index in [-0.39, 0.29) is 5.97 Å². The van der Waals surface area contributed by atoms with E-state index < -0.39 is 0 Å². The molecular weight excluding hydrogens is 244 g/mol. The lowest BCUT2D eigenvalue weighted by molar-refractivity contribution is 0.0535. The van der Waals surface area contributed by atoms with Crippen LogP contribution < -0.4 is 0 Å². The van der Waals surface area contributed by atoms with Crippen LogP contribution in [0.3, 0.4) is 0 Å². The fourth-order valence-electron chi connectivity index (χ4n) is 1.53. The Balaban J connectivity index is 2.52. The first-order valence-corrected chi connectivity index (χ1v) is 5.11. The molecule has 0 saturated carbocycles. The molecular formula is C11H9BrO2. The third-order valence-corrected chi connectivity index (χ3v) is 3.24. The summed E-state index contributed by atoms with van der Waals surface area (Å²) in [6.07, 6.45) is 2.63. The lowest BCUT2D eigenvalue weighted by Gasteiger charge is -2.04. The van der Waals surface area contributed by atoms with Crippen molar-refractivity contribution in [1.29, 1.82) is 0 Å². The van der Waals surface area contributed by atoms with Crippen molar-refractivity contribution >= 4 is 21.9 Å². The van der Waals surface area contributed by atoms with Gasteiger partial charge in [-0.15, -0.1) is 6.58 Å². The summed E-state index contributed by atoms with van der Waals surface area (Å²) < 4.78 is 5.92. The lowest BCUT2D eigenvalue weighted by atomic mass is 10.0. The highest BCUT2D eigenvalue weighted by Gasteiger charge is 2.24. The van der Waals surface area contributed by atoms with Gasteiger partial charge in [-0.3, -0.25) is 0 Å². The van der Waals surface area contributed by atoms with Crippen LogP contribution in [0.4, 0.5) is 0 Å². The minimum Gasteiger partial charge on any atom is -0.457 e. The SMILES string of the molecule is C=CCc1ccc2c(c1Br)COC2=O. The van der Waals surface area contributed by atoms with Crippen LogP contribution in [0, 0.1) is 0 Å². The van der Waals surface area contributed by atoms with E-state index in [0.29, 0.717) is 12.2 Å². The summed E-state index contributed by atoms with van der Waals surface area (Å²) in [5, 5.41) is 0. The number of carbonyl (C=O) groups is 1. The van der Waals surface area contributed by atoms with Crippen LogP contribution in [0.25, 0.3) is 0 Å². The van der Waals surface area contributed by atoms with Crippen molar-refractivity contribution in [2.75, 3.05) is 0 Å². The summed E-state index contributed by atoms with van der Waals surface area (Å²) in [5.41, 5.74) is 2.76. The molecule has 0 fully saturated rings. The number of rotatable bonds is 2. The van der Waals surface area contributed by atoms with Gasteiger partial charge in [-0.25, -0.2) is 4.79 Å². The highest BCUT2D eigenvalue weighted by molar-refractivity contribution is 9.10. The molecule has 0 unspecified atom stereocenters. The Bertz CT molecular complexity index is 410. The minimum atomic E-state index is -0.231. The number of cyclic esters (lactones) is 1. The van der Waals surface area contributed by atoms with E-state index in [2.05, 4.69) is 22.5 Å². The minimum absolute atomic E-state index is 0.231. The number of hydrogen-bond donors (Lipinski definition) is 0. The number of halogens is 1. The van der Waals surface area contributed by atoms with E-state index >= 15 is 0 Å². The molecule has 2 rings (SSSR count). The fourth-order valence-corrected chi connectivity index (χ4v) is 2.15. The normalized spacial score (nSPS) is 13.6.